The van der Waals surface area contributed by atoms with Crippen LogP contribution in [-0.2, 0) is 0 Å². The summed E-state index contributed by atoms with van der Waals surface area (Å²) >= 11 is 0. The van der Waals surface area contributed by atoms with Gasteiger partial charge in [0.25, 0.3) is 0 Å². The van der Waals surface area contributed by atoms with Gasteiger partial charge in [0.1, 0.15) is 6.61 Å². The van der Waals surface area contributed by atoms with Crippen molar-refractivity contribution in [2.75, 3.05) is 20.3 Å². The van der Waals surface area contributed by atoms with Gasteiger partial charge in [-0.3, -0.25) is 10.1 Å². The molecule has 1 rings (SSSR count). The molecular weight excluding hydrogens is 255 g/mol. The first kappa shape index (κ1) is 15.2. The fraction of sp³-hybridized carbons (Fsp3) is 0.500. The number of nitro benzene ring substituents is 1. The van der Waals surface area contributed by atoms with Crippen molar-refractivity contribution >= 4 is 5.69 Å². The van der Waals surface area contributed by atoms with Crippen molar-refractivity contribution in [3.05, 3.63) is 28.1 Å². The van der Waals surface area contributed by atoms with Crippen LogP contribution < -0.4 is 14.8 Å². The van der Waals surface area contributed by atoms with E-state index < -0.39 is 16.4 Å². The molecule has 0 aliphatic heterocycles. The number of methoxy groups -OCH3 is 1. The van der Waals surface area contributed by atoms with E-state index in [9.17, 15) is 14.5 Å². The molecule has 0 atom stereocenters. The molecule has 0 fully saturated rings. The molecule has 0 spiro atoms. The Kier molecular flexibility index (Phi) is 5.50. The van der Waals surface area contributed by atoms with Gasteiger partial charge in [-0.05, 0) is 0 Å². The van der Waals surface area contributed by atoms with Crippen LogP contribution >= 0.6 is 0 Å². The Labute approximate surface area is 110 Å². The zero-order valence-electron chi connectivity index (χ0n) is 11.1. The average molecular weight is 272 g/mol. The second-order valence-corrected chi connectivity index (χ2v) is 4.17. The van der Waals surface area contributed by atoms with Crippen LogP contribution in [0.2, 0.25) is 0 Å². The lowest BCUT2D eigenvalue weighted by Gasteiger charge is -2.11. The first-order valence-electron chi connectivity index (χ1n) is 5.83. The van der Waals surface area contributed by atoms with Crippen LogP contribution in [0.25, 0.3) is 0 Å². The molecule has 106 valence electrons. The number of nitrogens with zero attached hydrogens (tertiary/aromatic N) is 1. The molecule has 0 bridgehead atoms. The minimum absolute atomic E-state index is 0.00574. The molecule has 1 aromatic rings. The Morgan fingerprint density at radius 3 is 2.63 bits per heavy atom. The number of hydrogen-bond donors (Lipinski definition) is 1. The van der Waals surface area contributed by atoms with Gasteiger partial charge in [0.2, 0.25) is 5.75 Å². The second-order valence-electron chi connectivity index (χ2n) is 4.17. The van der Waals surface area contributed by atoms with Crippen molar-refractivity contribution in [3.63, 3.8) is 0 Å². The summed E-state index contributed by atoms with van der Waals surface area (Å²) in [6, 6.07) is 2.27. The van der Waals surface area contributed by atoms with Crippen molar-refractivity contribution in [3.8, 4) is 11.5 Å². The van der Waals surface area contributed by atoms with Gasteiger partial charge in [0, 0.05) is 18.7 Å². The predicted octanol–water partition coefficient (Wildman–Crippen LogP) is 2.12. The highest BCUT2D eigenvalue weighted by Crippen LogP contribution is 2.33. The van der Waals surface area contributed by atoms with Crippen LogP contribution in [0, 0.1) is 15.9 Å². The maximum atomic E-state index is 13.4. The zero-order valence-corrected chi connectivity index (χ0v) is 11.1. The summed E-state index contributed by atoms with van der Waals surface area (Å²) in [4.78, 5) is 10.1. The first-order valence-corrected chi connectivity index (χ1v) is 5.83. The van der Waals surface area contributed by atoms with Crippen molar-refractivity contribution in [2.45, 2.75) is 19.9 Å². The Hall–Kier alpha value is -1.89. The smallest absolute Gasteiger partial charge is 0.314 e. The van der Waals surface area contributed by atoms with Crippen LogP contribution in [0.4, 0.5) is 10.1 Å². The number of benzene rings is 1. The van der Waals surface area contributed by atoms with E-state index in [1.54, 1.807) is 0 Å². The number of hydrogen-bond acceptors (Lipinski definition) is 5. The van der Waals surface area contributed by atoms with E-state index in [0.717, 1.165) is 6.07 Å². The Balaban J connectivity index is 2.82. The Bertz CT molecular complexity index is 452. The van der Waals surface area contributed by atoms with Crippen molar-refractivity contribution in [1.29, 1.82) is 0 Å². The van der Waals surface area contributed by atoms with Gasteiger partial charge in [-0.1, -0.05) is 13.8 Å². The third-order valence-electron chi connectivity index (χ3n) is 2.34. The molecule has 0 heterocycles. The fourth-order valence-corrected chi connectivity index (χ4v) is 1.45. The topological polar surface area (TPSA) is 73.6 Å². The number of nitro groups is 1. The number of halogens is 1. The number of rotatable bonds is 7. The molecule has 0 amide bonds. The van der Waals surface area contributed by atoms with Gasteiger partial charge in [-0.25, -0.2) is 4.39 Å². The lowest BCUT2D eigenvalue weighted by Crippen LogP contribution is -2.27. The van der Waals surface area contributed by atoms with Crippen molar-refractivity contribution < 1.29 is 18.8 Å². The fourth-order valence-electron chi connectivity index (χ4n) is 1.45. The third-order valence-corrected chi connectivity index (χ3v) is 2.34. The van der Waals surface area contributed by atoms with E-state index in [1.165, 1.54) is 13.2 Å². The molecule has 0 aliphatic rings. The summed E-state index contributed by atoms with van der Waals surface area (Å²) in [5.41, 5.74) is -0.414. The van der Waals surface area contributed by atoms with Gasteiger partial charge in [-0.2, -0.15) is 0 Å². The quantitative estimate of drug-likeness (QED) is 0.467. The maximum Gasteiger partial charge on any atom is 0.314 e. The molecule has 7 heteroatoms. The minimum Gasteiger partial charge on any atom is -0.494 e. The van der Waals surface area contributed by atoms with Crippen LogP contribution in [0.3, 0.4) is 0 Å². The number of ether oxygens (including phenoxy) is 2. The van der Waals surface area contributed by atoms with E-state index in [2.05, 4.69) is 5.32 Å². The normalized spacial score (nSPS) is 10.6. The summed E-state index contributed by atoms with van der Waals surface area (Å²) in [7, 11) is 1.29. The van der Waals surface area contributed by atoms with E-state index in [0.29, 0.717) is 12.6 Å². The monoisotopic (exact) mass is 272 g/mol. The molecular formula is C12H17FN2O4. The maximum absolute atomic E-state index is 13.4. The highest BCUT2D eigenvalue weighted by atomic mass is 19.1. The van der Waals surface area contributed by atoms with Gasteiger partial charge in [0.15, 0.2) is 11.6 Å². The van der Waals surface area contributed by atoms with Crippen LogP contribution in [-0.4, -0.2) is 31.2 Å². The number of nitrogens with one attached hydrogen (secondary N) is 1. The highest BCUT2D eigenvalue weighted by molar-refractivity contribution is 5.51. The summed E-state index contributed by atoms with van der Waals surface area (Å²) < 4.78 is 23.5. The molecule has 0 aromatic heterocycles. The molecule has 0 saturated carbocycles. The molecule has 19 heavy (non-hydrogen) atoms. The third kappa shape index (κ3) is 4.36. The van der Waals surface area contributed by atoms with Crippen LogP contribution in [0.5, 0.6) is 11.5 Å². The molecule has 6 nitrogen and oxygen atoms in total. The molecule has 0 unspecified atom stereocenters. The highest BCUT2D eigenvalue weighted by Gasteiger charge is 2.20. The van der Waals surface area contributed by atoms with E-state index >= 15 is 0 Å². The lowest BCUT2D eigenvalue weighted by atomic mass is 10.2. The van der Waals surface area contributed by atoms with Crippen molar-refractivity contribution in [1.82, 2.24) is 5.32 Å². The van der Waals surface area contributed by atoms with Crippen LogP contribution in [0.15, 0.2) is 12.1 Å². The zero-order chi connectivity index (χ0) is 14.4. The van der Waals surface area contributed by atoms with Gasteiger partial charge in [0.05, 0.1) is 18.1 Å². The van der Waals surface area contributed by atoms with E-state index in [-0.39, 0.29) is 18.1 Å². The first-order chi connectivity index (χ1) is 8.95. The minimum atomic E-state index is -0.790. The summed E-state index contributed by atoms with van der Waals surface area (Å²) in [6.07, 6.45) is 0. The predicted molar refractivity (Wildman–Crippen MR) is 68.2 cm³/mol. The summed E-state index contributed by atoms with van der Waals surface area (Å²) in [6.45, 7) is 4.73. The summed E-state index contributed by atoms with van der Waals surface area (Å²) in [5, 5.41) is 13.9. The van der Waals surface area contributed by atoms with Gasteiger partial charge < -0.3 is 14.8 Å². The average Bonchev–Trinajstić information content (AvgIpc) is 2.35. The molecule has 1 N–H and O–H groups in total. The van der Waals surface area contributed by atoms with Crippen molar-refractivity contribution in [2.24, 2.45) is 0 Å². The van der Waals surface area contributed by atoms with Crippen LogP contribution in [0.1, 0.15) is 13.8 Å². The van der Waals surface area contributed by atoms with Gasteiger partial charge in [-0.15, -0.1) is 0 Å². The van der Waals surface area contributed by atoms with Gasteiger partial charge >= 0.3 is 5.69 Å². The standard InChI is InChI=1S/C12H17FN2O4/c1-8(2)14-4-5-19-12-7-11(18-3)9(13)6-10(12)15(16)17/h6-8,14H,4-5H2,1-3H3. The lowest BCUT2D eigenvalue weighted by molar-refractivity contribution is -0.386. The molecule has 0 radical (unpaired) electrons. The molecule has 0 saturated heterocycles. The molecule has 0 aliphatic carbocycles. The SMILES string of the molecule is COc1cc(OCCNC(C)C)c([N+](=O)[O-])cc1F. The van der Waals surface area contributed by atoms with E-state index in [1.807, 2.05) is 13.8 Å². The Morgan fingerprint density at radius 2 is 2.11 bits per heavy atom. The Morgan fingerprint density at radius 1 is 1.42 bits per heavy atom. The molecule has 1 aromatic carbocycles. The second kappa shape index (κ2) is 6.89. The largest absolute Gasteiger partial charge is 0.494 e. The van der Waals surface area contributed by atoms with E-state index in [4.69, 9.17) is 9.47 Å². The summed E-state index contributed by atoms with van der Waals surface area (Å²) in [5.74, 6) is -0.881.